The summed E-state index contributed by atoms with van der Waals surface area (Å²) < 4.78 is 91.5. The highest BCUT2D eigenvalue weighted by atomic mass is 16.6. The molecule has 17 fully saturated rings. The number of carbonyl (C=O) groups is 4. The summed E-state index contributed by atoms with van der Waals surface area (Å²) >= 11 is 0. The second kappa shape index (κ2) is 33.9. The van der Waals surface area contributed by atoms with Crippen molar-refractivity contribution in [2.45, 2.75) is 241 Å². The number of ether oxygens (including phenoxy) is 15. The van der Waals surface area contributed by atoms with Crippen LogP contribution in [0, 0.1) is 53.3 Å². The van der Waals surface area contributed by atoms with E-state index in [1.54, 1.807) is 0 Å². The molecule has 0 N–H and O–H groups in total. The van der Waals surface area contributed by atoms with E-state index < -0.39 is 74.2 Å². The minimum absolute atomic E-state index is 0.0793. The van der Waals surface area contributed by atoms with Crippen molar-refractivity contribution in [3.8, 4) is 0 Å². The van der Waals surface area contributed by atoms with Crippen molar-refractivity contribution in [3.63, 3.8) is 0 Å². The molecule has 17 aliphatic rings. The Hall–Kier alpha value is -9.18. The molecule has 11 aliphatic heterocycles. The Bertz CT molecular complexity index is 4880. The van der Waals surface area contributed by atoms with Gasteiger partial charge in [-0.1, -0.05) is 6.58 Å². The van der Waals surface area contributed by atoms with E-state index in [0.717, 1.165) is 106 Å². The van der Waals surface area contributed by atoms with Crippen LogP contribution in [0.4, 0.5) is 0 Å². The van der Waals surface area contributed by atoms with Gasteiger partial charge in [0.15, 0.2) is 0 Å². The van der Waals surface area contributed by atoms with Gasteiger partial charge in [-0.05, 0) is 94.8 Å². The summed E-state index contributed by atoms with van der Waals surface area (Å²) in [5, 5.41) is 0. The molecular weight excluding hydrogens is 1590 g/mol. The smallest absolute Gasteiger partial charge is 0.336 e. The Morgan fingerprint density at radius 3 is 0.700 bits per heavy atom. The predicted octanol–water partition coefficient (Wildman–Crippen LogP) is -6.15. The number of nitrogens with zero attached hydrogens (tertiary/aromatic N) is 12. The molecule has 23 atom stereocenters. The van der Waals surface area contributed by atoms with Gasteiger partial charge < -0.3 is 71.1 Å². The molecule has 4 aromatic heterocycles. The monoisotopic (exact) mass is 1690 g/mol. The van der Waals surface area contributed by atoms with Gasteiger partial charge in [-0.15, -0.1) is 0 Å². The molecule has 4 aromatic rings. The number of hydrogen-bond acceptors (Lipinski definition) is 31. The van der Waals surface area contributed by atoms with Gasteiger partial charge in [0, 0.05) is 43.5 Å². The Labute approximate surface area is 678 Å². The van der Waals surface area contributed by atoms with Crippen LogP contribution in [-0.2, 0) is 169 Å². The number of carbonyl (C=O) groups excluding carboxylic acids is 4. The van der Waals surface area contributed by atoms with Crippen LogP contribution in [0.2, 0.25) is 0 Å². The Morgan fingerprint density at radius 2 is 0.492 bits per heavy atom. The lowest BCUT2D eigenvalue weighted by molar-refractivity contribution is -0.151. The number of aromatic nitrogens is 12. The molecule has 15 heterocycles. The molecule has 43 heteroatoms. The van der Waals surface area contributed by atoms with Crippen LogP contribution in [0.25, 0.3) is 0 Å². The maximum Gasteiger partial charge on any atom is 0.336 e. The Kier molecular flexibility index (Phi) is 23.1. The molecule has 0 spiro atoms. The zero-order valence-electron chi connectivity index (χ0n) is 66.0. The van der Waals surface area contributed by atoms with E-state index in [1.165, 1.54) is 13.7 Å². The molecule has 652 valence electrons. The fraction of sp³-hybridized carbons (Fsp3) is 0.766. The number of epoxide rings is 11. The maximum absolute atomic E-state index is 13.5. The minimum atomic E-state index is -0.894. The highest BCUT2D eigenvalue weighted by molar-refractivity contribution is 5.81. The minimum Gasteiger partial charge on any atom is -0.464 e. The van der Waals surface area contributed by atoms with E-state index >= 15 is 0 Å². The topological polar surface area (TPSA) is 507 Å². The zero-order valence-corrected chi connectivity index (χ0v) is 66.0. The van der Waals surface area contributed by atoms with Crippen molar-refractivity contribution in [1.82, 2.24) is 54.8 Å². The first-order valence-electron chi connectivity index (χ1n) is 42.0. The molecule has 120 heavy (non-hydrogen) atoms. The van der Waals surface area contributed by atoms with E-state index in [2.05, 4.69) is 6.58 Å². The van der Waals surface area contributed by atoms with E-state index in [0.29, 0.717) is 109 Å². The average Bonchev–Trinajstić information content (AvgIpc) is 1.56. The lowest BCUT2D eigenvalue weighted by atomic mass is 9.89. The van der Waals surface area contributed by atoms with Crippen LogP contribution in [0.5, 0.6) is 0 Å². The number of hydrogen-bond donors (Lipinski definition) is 0. The molecule has 6 bridgehead atoms. The van der Waals surface area contributed by atoms with Gasteiger partial charge in [0.2, 0.25) is 0 Å². The van der Waals surface area contributed by atoms with Crippen LogP contribution >= 0.6 is 0 Å². The van der Waals surface area contributed by atoms with Gasteiger partial charge >= 0.3 is 92.2 Å². The first kappa shape index (κ1) is 81.8. The van der Waals surface area contributed by atoms with Crippen molar-refractivity contribution >= 4 is 23.9 Å². The molecule has 0 radical (unpaired) electrons. The van der Waals surface area contributed by atoms with Crippen molar-refractivity contribution in [3.05, 3.63) is 138 Å². The van der Waals surface area contributed by atoms with Gasteiger partial charge in [0.1, 0.15) is 26.4 Å². The van der Waals surface area contributed by atoms with Gasteiger partial charge in [-0.3, -0.25) is 14.4 Å². The zero-order chi connectivity index (χ0) is 83.2. The van der Waals surface area contributed by atoms with Gasteiger partial charge in [-0.25, -0.2) is 117 Å². The van der Waals surface area contributed by atoms with Crippen molar-refractivity contribution in [2.24, 2.45) is 53.3 Å². The lowest BCUT2D eigenvalue weighted by Crippen LogP contribution is -2.55. The Morgan fingerprint density at radius 1 is 0.283 bits per heavy atom. The normalized spacial score (nSPS) is 32.7. The molecule has 23 unspecified atom stereocenters. The number of fused-ring (bicyclic) bond motifs is 15. The quantitative estimate of drug-likeness (QED) is 0.0174. The first-order valence-corrected chi connectivity index (χ1v) is 42.0. The summed E-state index contributed by atoms with van der Waals surface area (Å²) in [6, 6.07) is 0. The van der Waals surface area contributed by atoms with Crippen molar-refractivity contribution < 1.29 is 90.2 Å². The van der Waals surface area contributed by atoms with E-state index in [1.807, 2.05) is 0 Å². The number of esters is 4. The molecule has 11 saturated heterocycles. The Balaban J connectivity index is 0.000000117. The van der Waals surface area contributed by atoms with Gasteiger partial charge in [0.05, 0.1) is 215 Å². The van der Waals surface area contributed by atoms with Crippen LogP contribution in [0.15, 0.2) is 70.2 Å². The third kappa shape index (κ3) is 18.0. The molecular formula is C77H98N12O31. The molecule has 6 saturated carbocycles. The summed E-state index contributed by atoms with van der Waals surface area (Å²) in [6.07, 6.45) is 11.7. The fourth-order valence-corrected chi connectivity index (χ4v) is 18.8. The third-order valence-corrected chi connectivity index (χ3v) is 26.0. The summed E-state index contributed by atoms with van der Waals surface area (Å²) in [4.78, 5) is 203. The summed E-state index contributed by atoms with van der Waals surface area (Å²) in [5.41, 5.74) is -8.14. The van der Waals surface area contributed by atoms with E-state index in [-0.39, 0.29) is 224 Å². The summed E-state index contributed by atoms with van der Waals surface area (Å²) in [5.74, 6) is -0.966. The summed E-state index contributed by atoms with van der Waals surface area (Å²) in [6.45, 7) is 7.82. The first-order chi connectivity index (χ1) is 58.0. The van der Waals surface area contributed by atoms with Gasteiger partial charge in [0.25, 0.3) is 0 Å². The molecule has 21 rings (SSSR count). The lowest BCUT2D eigenvalue weighted by Gasteiger charge is -2.19. The molecule has 43 nitrogen and oxygen atoms in total. The highest BCUT2D eigenvalue weighted by Gasteiger charge is 2.67. The van der Waals surface area contributed by atoms with Crippen molar-refractivity contribution in [1.29, 1.82) is 0 Å². The van der Waals surface area contributed by atoms with Crippen LogP contribution in [0.1, 0.15) is 77.0 Å². The second-order valence-electron chi connectivity index (χ2n) is 34.2. The predicted molar refractivity (Wildman–Crippen MR) is 402 cm³/mol. The van der Waals surface area contributed by atoms with Gasteiger partial charge in [-0.2, -0.15) is 0 Å². The van der Waals surface area contributed by atoms with E-state index in [4.69, 9.17) is 71.1 Å². The summed E-state index contributed by atoms with van der Waals surface area (Å²) in [7, 11) is 0. The maximum atomic E-state index is 13.5. The van der Waals surface area contributed by atoms with E-state index in [9.17, 15) is 76.7 Å². The van der Waals surface area contributed by atoms with Crippen LogP contribution in [-0.4, -0.2) is 243 Å². The highest BCUT2D eigenvalue weighted by Crippen LogP contribution is 2.61. The largest absolute Gasteiger partial charge is 0.464 e. The third-order valence-electron chi connectivity index (χ3n) is 26.0. The SMILES string of the molecule is C=CC(=O)OCCn1c(=O)n(CC2CO2)c(=O)n(CC2CO2)c1=O.O=C(OCCn1c(=O)n(CCOC(=O)C2CC3CC2C2OC32)c(=O)n(CCOC(=O)C2CC3CC2C2OC32)c1=O)C1CC2CC1C1OC21.O=c1n(CC2CO2)c(=O)n(CC2CO2)c(=O)n1CC1CO1.O=c1n(CCCC2CO2)c(=O)n(CCCC2CO2)c(=O)n1CCCC1CO1. The second-order valence-corrected chi connectivity index (χ2v) is 34.2. The fourth-order valence-electron chi connectivity index (χ4n) is 18.8. The van der Waals surface area contributed by atoms with Crippen LogP contribution in [0.3, 0.4) is 0 Å². The standard InChI is InChI=1S/C33H39N3O12.C18H27N3O6.C14H17N3O7.C12H15N3O6/c37-28(19-10-13-7-16(19)25-22(13)46-25)43-4-1-34-31(40)35(2-5-44-29(38)20-11-14-8-17(20)26-23(14)47-26)33(42)36(32(34)41)3-6-45-30(39)21-12-15-9-18(21)27-24(15)48-27;22-16-19(7-1-4-13-10-25-13)17(23)21(9-3-6-15-12-27-15)18(24)20(16)8-2-5-14-11-26-14;1-2-11(18)22-4-3-15-12(19)16(5-9-7-23-9)14(21)17(13(15)20)6-10-8-24-10;16-10-13(1-7-4-19-7)11(17)15(3-9-6-21-9)12(18)14(10)2-8-5-20-8/h13-27H,1-12H2;13-15H,1-12H2;2,9-10H,1,3-8H2;7-9H,1-6H2. The number of rotatable bonds is 38. The molecule has 0 aromatic carbocycles. The average molecular weight is 1690 g/mol. The molecule has 0 amide bonds. The van der Waals surface area contributed by atoms with Crippen LogP contribution < -0.4 is 68.3 Å². The van der Waals surface area contributed by atoms with Crippen molar-refractivity contribution in [2.75, 3.05) is 79.3 Å². The molecule has 6 aliphatic carbocycles.